The summed E-state index contributed by atoms with van der Waals surface area (Å²) in [6.45, 7) is 0.411. The van der Waals surface area contributed by atoms with Gasteiger partial charge in [0.05, 0.1) is 17.1 Å². The van der Waals surface area contributed by atoms with Gasteiger partial charge in [-0.3, -0.25) is 4.79 Å². The van der Waals surface area contributed by atoms with Crippen LogP contribution in [0.3, 0.4) is 0 Å². The Kier molecular flexibility index (Phi) is 3.98. The highest BCUT2D eigenvalue weighted by Gasteiger charge is 2.29. The van der Waals surface area contributed by atoms with Gasteiger partial charge >= 0.3 is 5.97 Å². The first-order valence-electron chi connectivity index (χ1n) is 6.72. The third-order valence-electron chi connectivity index (χ3n) is 3.27. The lowest BCUT2D eigenvalue weighted by Gasteiger charge is -2.30. The van der Waals surface area contributed by atoms with E-state index in [0.29, 0.717) is 6.54 Å². The molecule has 0 saturated carbocycles. The van der Waals surface area contributed by atoms with Crippen LogP contribution >= 0.6 is 11.8 Å². The number of carbonyl (C=O) groups excluding carboxylic acids is 1. The molecule has 0 saturated heterocycles. The number of hydrogen-bond donors (Lipinski definition) is 1. The number of nitrogens with zero attached hydrogens (tertiary/aromatic N) is 1. The first kappa shape index (κ1) is 14.4. The molecule has 0 spiro atoms. The van der Waals surface area contributed by atoms with Crippen molar-refractivity contribution >= 4 is 29.3 Å². The third kappa shape index (κ3) is 2.89. The molecule has 1 heterocycles. The van der Waals surface area contributed by atoms with E-state index in [-0.39, 0.29) is 10.8 Å². The van der Waals surface area contributed by atoms with Gasteiger partial charge in [0.15, 0.2) is 0 Å². The second kappa shape index (κ2) is 6.07. The van der Waals surface area contributed by atoms with Gasteiger partial charge in [0.2, 0.25) is 0 Å². The van der Waals surface area contributed by atoms with E-state index in [1.54, 1.807) is 4.90 Å². The van der Waals surface area contributed by atoms with Crippen molar-refractivity contribution in [2.45, 2.75) is 11.4 Å². The molecule has 0 atom stereocenters. The Hall–Kier alpha value is -2.53. The Bertz CT molecular complexity index is 756. The highest BCUT2D eigenvalue weighted by molar-refractivity contribution is 8.04. The zero-order valence-corrected chi connectivity index (χ0v) is 12.4. The minimum atomic E-state index is -1.12. The molecule has 22 heavy (non-hydrogen) atoms. The van der Waals surface area contributed by atoms with Crippen molar-refractivity contribution in [3.63, 3.8) is 0 Å². The maximum Gasteiger partial charge on any atom is 0.329 e. The summed E-state index contributed by atoms with van der Waals surface area (Å²) in [7, 11) is 0. The number of carboxylic acids is 1. The van der Waals surface area contributed by atoms with E-state index in [9.17, 15) is 9.59 Å². The van der Waals surface area contributed by atoms with Crippen LogP contribution in [0.1, 0.15) is 5.56 Å². The number of amides is 1. The molecule has 3 rings (SSSR count). The highest BCUT2D eigenvalue weighted by atomic mass is 32.2. The lowest BCUT2D eigenvalue weighted by molar-refractivity contribution is -0.131. The second-order valence-corrected chi connectivity index (χ2v) is 5.88. The summed E-state index contributed by atoms with van der Waals surface area (Å²) >= 11 is 1.20. The quantitative estimate of drug-likeness (QED) is 0.884. The number of thioether (sulfide) groups is 1. The van der Waals surface area contributed by atoms with Crippen molar-refractivity contribution in [3.05, 3.63) is 71.1 Å². The molecule has 0 fully saturated rings. The lowest BCUT2D eigenvalue weighted by atomic mass is 10.2. The molecule has 0 aliphatic carbocycles. The molecular formula is C17H13NO3S. The average molecular weight is 311 g/mol. The molecule has 1 amide bonds. The van der Waals surface area contributed by atoms with Crippen LogP contribution in [0.15, 0.2) is 70.5 Å². The number of para-hydroxylation sites is 1. The van der Waals surface area contributed by atoms with Gasteiger partial charge in [-0.15, -0.1) is 0 Å². The fraction of sp³-hybridized carbons (Fsp3) is 0.0588. The number of fused-ring (bicyclic) bond motifs is 1. The van der Waals surface area contributed by atoms with E-state index < -0.39 is 5.97 Å². The van der Waals surface area contributed by atoms with Gasteiger partial charge in [-0.25, -0.2) is 4.79 Å². The summed E-state index contributed by atoms with van der Waals surface area (Å²) in [5.74, 6) is -1.40. The van der Waals surface area contributed by atoms with Crippen molar-refractivity contribution in [1.29, 1.82) is 0 Å². The molecule has 0 radical (unpaired) electrons. The van der Waals surface area contributed by atoms with Crippen LogP contribution < -0.4 is 4.90 Å². The zero-order chi connectivity index (χ0) is 15.5. The highest BCUT2D eigenvalue weighted by Crippen LogP contribution is 2.41. The van der Waals surface area contributed by atoms with E-state index in [2.05, 4.69) is 0 Å². The van der Waals surface area contributed by atoms with E-state index in [1.165, 1.54) is 11.8 Å². The smallest absolute Gasteiger partial charge is 0.329 e. The Labute approximate surface area is 132 Å². The monoisotopic (exact) mass is 311 g/mol. The average Bonchev–Trinajstić information content (AvgIpc) is 2.52. The predicted octanol–water partition coefficient (Wildman–Crippen LogP) is 3.29. The summed E-state index contributed by atoms with van der Waals surface area (Å²) in [5, 5.41) is 8.95. The summed E-state index contributed by atoms with van der Waals surface area (Å²) < 4.78 is 0. The predicted molar refractivity (Wildman–Crippen MR) is 85.6 cm³/mol. The molecule has 0 aromatic heterocycles. The number of anilines is 1. The number of rotatable bonds is 3. The maximum atomic E-state index is 12.6. The molecule has 2 aromatic carbocycles. The first-order chi connectivity index (χ1) is 10.6. The molecule has 0 unspecified atom stereocenters. The van der Waals surface area contributed by atoms with E-state index in [1.807, 2.05) is 54.6 Å². The molecule has 1 N–H and O–H groups in total. The van der Waals surface area contributed by atoms with E-state index >= 15 is 0 Å². The minimum Gasteiger partial charge on any atom is -0.478 e. The zero-order valence-electron chi connectivity index (χ0n) is 11.6. The minimum absolute atomic E-state index is 0.224. The van der Waals surface area contributed by atoms with Gasteiger partial charge in [-0.05, 0) is 17.7 Å². The van der Waals surface area contributed by atoms with Gasteiger partial charge < -0.3 is 10.0 Å². The van der Waals surface area contributed by atoms with Crippen LogP contribution in [0.25, 0.3) is 0 Å². The summed E-state index contributed by atoms with van der Waals surface area (Å²) in [6, 6.07) is 17.1. The first-order valence-corrected chi connectivity index (χ1v) is 7.54. The summed E-state index contributed by atoms with van der Waals surface area (Å²) in [4.78, 5) is 26.3. The molecule has 110 valence electrons. The van der Waals surface area contributed by atoms with Crippen LogP contribution in [0.2, 0.25) is 0 Å². The number of carbonyl (C=O) groups is 2. The Morgan fingerprint density at radius 1 is 1.09 bits per heavy atom. The van der Waals surface area contributed by atoms with Crippen molar-refractivity contribution in [2.75, 3.05) is 4.90 Å². The van der Waals surface area contributed by atoms with Crippen LogP contribution in [0.5, 0.6) is 0 Å². The van der Waals surface area contributed by atoms with Crippen LogP contribution in [0.4, 0.5) is 5.69 Å². The second-order valence-electron chi connectivity index (χ2n) is 4.79. The normalized spacial score (nSPS) is 15.7. The number of carboxylic acid groups (broad SMARTS) is 1. The van der Waals surface area contributed by atoms with Gasteiger partial charge in [-0.1, -0.05) is 54.2 Å². The number of hydrogen-bond acceptors (Lipinski definition) is 3. The van der Waals surface area contributed by atoms with E-state index in [0.717, 1.165) is 22.2 Å². The van der Waals surface area contributed by atoms with Crippen molar-refractivity contribution in [3.8, 4) is 0 Å². The topological polar surface area (TPSA) is 57.6 Å². The van der Waals surface area contributed by atoms with Gasteiger partial charge in [-0.2, -0.15) is 0 Å². The Morgan fingerprint density at radius 3 is 2.50 bits per heavy atom. The van der Waals surface area contributed by atoms with Gasteiger partial charge in [0, 0.05) is 11.0 Å². The summed E-state index contributed by atoms with van der Waals surface area (Å²) in [6.07, 6.45) is 0.973. The van der Waals surface area contributed by atoms with Crippen molar-refractivity contribution in [2.24, 2.45) is 0 Å². The third-order valence-corrected chi connectivity index (χ3v) is 4.35. The standard InChI is InChI=1S/C17H13NO3S/c19-16(20)10-15-17(21)18(11-12-6-2-1-3-7-12)13-8-4-5-9-14(13)22-15/h1-10H,11H2,(H,19,20)/b15-10-. The number of aliphatic carboxylic acids is 1. The molecule has 5 heteroatoms. The Morgan fingerprint density at radius 2 is 1.77 bits per heavy atom. The molecule has 4 nitrogen and oxygen atoms in total. The molecule has 1 aliphatic rings. The van der Waals surface area contributed by atoms with Crippen LogP contribution in [-0.4, -0.2) is 17.0 Å². The lowest BCUT2D eigenvalue weighted by Crippen LogP contribution is -2.34. The molecule has 2 aromatic rings. The van der Waals surface area contributed by atoms with E-state index in [4.69, 9.17) is 5.11 Å². The summed E-state index contributed by atoms with van der Waals surface area (Å²) in [5.41, 5.74) is 1.80. The number of benzene rings is 2. The van der Waals surface area contributed by atoms with Gasteiger partial charge in [0.25, 0.3) is 5.91 Å². The van der Waals surface area contributed by atoms with Crippen molar-refractivity contribution < 1.29 is 14.7 Å². The largest absolute Gasteiger partial charge is 0.478 e. The van der Waals surface area contributed by atoms with Crippen LogP contribution in [0, 0.1) is 0 Å². The molecule has 0 bridgehead atoms. The molecular weight excluding hydrogens is 298 g/mol. The fourth-order valence-electron chi connectivity index (χ4n) is 2.30. The fourth-order valence-corrected chi connectivity index (χ4v) is 3.32. The maximum absolute atomic E-state index is 12.6. The SMILES string of the molecule is O=C(O)/C=C1\Sc2ccccc2N(Cc2ccccc2)C1=O. The van der Waals surface area contributed by atoms with Crippen LogP contribution in [-0.2, 0) is 16.1 Å². The Balaban J connectivity index is 2.02. The molecule has 1 aliphatic heterocycles. The van der Waals surface area contributed by atoms with Gasteiger partial charge in [0.1, 0.15) is 0 Å². The van der Waals surface area contributed by atoms with Crippen molar-refractivity contribution in [1.82, 2.24) is 0 Å².